The second kappa shape index (κ2) is 6.37. The fraction of sp³-hybridized carbons (Fsp3) is 0.611. The largest absolute Gasteiger partial charge is 0.391 e. The number of nitrogens with one attached hydrogen (secondary N) is 1. The number of carbonyl (C=O) groups excluding carboxylic acids is 1. The van der Waals surface area contributed by atoms with E-state index in [1.54, 1.807) is 12.1 Å². The van der Waals surface area contributed by atoms with Crippen molar-refractivity contribution in [1.82, 2.24) is 5.32 Å². The van der Waals surface area contributed by atoms with E-state index in [0.717, 1.165) is 56.9 Å². The van der Waals surface area contributed by atoms with Crippen molar-refractivity contribution in [3.05, 3.63) is 35.6 Å². The van der Waals surface area contributed by atoms with Gasteiger partial charge in [-0.3, -0.25) is 4.79 Å². The van der Waals surface area contributed by atoms with Crippen LogP contribution >= 0.6 is 0 Å². The van der Waals surface area contributed by atoms with Gasteiger partial charge in [-0.05, 0) is 43.4 Å². The molecule has 0 radical (unpaired) electrons. The van der Waals surface area contributed by atoms with E-state index in [0.29, 0.717) is 0 Å². The highest BCUT2D eigenvalue weighted by Gasteiger charge is 2.43. The van der Waals surface area contributed by atoms with Crippen LogP contribution in [0, 0.1) is 5.82 Å². The number of halogens is 1. The van der Waals surface area contributed by atoms with E-state index in [1.807, 2.05) is 0 Å². The lowest BCUT2D eigenvalue weighted by molar-refractivity contribution is -0.128. The molecule has 2 fully saturated rings. The predicted molar refractivity (Wildman–Crippen MR) is 83.0 cm³/mol. The van der Waals surface area contributed by atoms with Gasteiger partial charge in [0.2, 0.25) is 5.91 Å². The Labute approximate surface area is 130 Å². The number of benzene rings is 1. The van der Waals surface area contributed by atoms with Gasteiger partial charge in [-0.2, -0.15) is 0 Å². The first-order valence-electron chi connectivity index (χ1n) is 8.37. The van der Waals surface area contributed by atoms with Crippen LogP contribution in [-0.4, -0.2) is 23.2 Å². The summed E-state index contributed by atoms with van der Waals surface area (Å²) in [5.41, 5.74) is 0.347. The Hall–Kier alpha value is -1.42. The smallest absolute Gasteiger partial charge is 0.230 e. The molecule has 2 saturated carbocycles. The van der Waals surface area contributed by atoms with Crippen molar-refractivity contribution in [1.29, 1.82) is 0 Å². The van der Waals surface area contributed by atoms with Gasteiger partial charge in [0.1, 0.15) is 5.82 Å². The maximum absolute atomic E-state index is 13.2. The maximum Gasteiger partial charge on any atom is 0.230 e. The van der Waals surface area contributed by atoms with Gasteiger partial charge in [0.15, 0.2) is 0 Å². The van der Waals surface area contributed by atoms with Crippen molar-refractivity contribution in [3.8, 4) is 0 Å². The van der Waals surface area contributed by atoms with Crippen LogP contribution < -0.4 is 5.32 Å². The molecule has 2 unspecified atom stereocenters. The molecule has 120 valence electrons. The molecule has 22 heavy (non-hydrogen) atoms. The molecule has 0 aliphatic heterocycles. The van der Waals surface area contributed by atoms with Crippen molar-refractivity contribution in [2.24, 2.45) is 0 Å². The van der Waals surface area contributed by atoms with Gasteiger partial charge in [0.25, 0.3) is 0 Å². The molecule has 2 aliphatic rings. The van der Waals surface area contributed by atoms with Crippen LogP contribution in [0.4, 0.5) is 4.39 Å². The zero-order valence-electron chi connectivity index (χ0n) is 12.9. The SMILES string of the molecule is O=C(NC1CCCCC1O)C1(c2ccc(F)cc2)CCCC1. The molecule has 2 atom stereocenters. The van der Waals surface area contributed by atoms with E-state index < -0.39 is 11.5 Å². The lowest BCUT2D eigenvalue weighted by Crippen LogP contribution is -2.51. The monoisotopic (exact) mass is 305 g/mol. The van der Waals surface area contributed by atoms with Gasteiger partial charge >= 0.3 is 0 Å². The van der Waals surface area contributed by atoms with E-state index in [9.17, 15) is 14.3 Å². The summed E-state index contributed by atoms with van der Waals surface area (Å²) in [4.78, 5) is 13.0. The van der Waals surface area contributed by atoms with E-state index in [-0.39, 0.29) is 17.8 Å². The third-order valence-corrected chi connectivity index (χ3v) is 5.33. The topological polar surface area (TPSA) is 49.3 Å². The van der Waals surface area contributed by atoms with Gasteiger partial charge in [-0.25, -0.2) is 4.39 Å². The summed E-state index contributed by atoms with van der Waals surface area (Å²) in [6.07, 6.45) is 6.85. The molecule has 1 amide bonds. The van der Waals surface area contributed by atoms with E-state index >= 15 is 0 Å². The second-order valence-corrected chi connectivity index (χ2v) is 6.73. The quantitative estimate of drug-likeness (QED) is 0.901. The Bertz CT molecular complexity index is 522. The molecule has 3 rings (SSSR count). The molecule has 3 nitrogen and oxygen atoms in total. The summed E-state index contributed by atoms with van der Waals surface area (Å²) < 4.78 is 13.2. The molecular weight excluding hydrogens is 281 g/mol. The van der Waals surface area contributed by atoms with Crippen LogP contribution in [0.1, 0.15) is 56.9 Å². The van der Waals surface area contributed by atoms with Crippen LogP contribution in [-0.2, 0) is 10.2 Å². The number of rotatable bonds is 3. The van der Waals surface area contributed by atoms with Crippen LogP contribution in [0.2, 0.25) is 0 Å². The molecule has 0 spiro atoms. The fourth-order valence-corrected chi connectivity index (χ4v) is 3.98. The minimum Gasteiger partial charge on any atom is -0.391 e. The molecule has 0 heterocycles. The molecular formula is C18H24FNO2. The standard InChI is InChI=1S/C18H24FNO2/c19-14-9-7-13(8-10-14)18(11-3-4-12-18)17(22)20-15-5-1-2-6-16(15)21/h7-10,15-16,21H,1-6,11-12H2,(H,20,22). The fourth-order valence-electron chi connectivity index (χ4n) is 3.98. The second-order valence-electron chi connectivity index (χ2n) is 6.73. The van der Waals surface area contributed by atoms with Crippen molar-refractivity contribution >= 4 is 5.91 Å². The van der Waals surface area contributed by atoms with Crippen LogP contribution in [0.3, 0.4) is 0 Å². The van der Waals surface area contributed by atoms with Crippen molar-refractivity contribution < 1.29 is 14.3 Å². The summed E-state index contributed by atoms with van der Waals surface area (Å²) in [6, 6.07) is 6.19. The van der Waals surface area contributed by atoms with Crippen LogP contribution in [0.15, 0.2) is 24.3 Å². The molecule has 0 bridgehead atoms. The van der Waals surface area contributed by atoms with Gasteiger partial charge in [0.05, 0.1) is 17.6 Å². The molecule has 2 aliphatic carbocycles. The Balaban J connectivity index is 1.81. The number of aliphatic hydroxyl groups excluding tert-OH is 1. The first-order valence-corrected chi connectivity index (χ1v) is 8.37. The first kappa shape index (κ1) is 15.5. The highest BCUT2D eigenvalue weighted by Crippen LogP contribution is 2.41. The first-order chi connectivity index (χ1) is 10.6. The van der Waals surface area contributed by atoms with Crippen molar-refractivity contribution in [3.63, 3.8) is 0 Å². The van der Waals surface area contributed by atoms with Crippen molar-refractivity contribution in [2.45, 2.75) is 68.9 Å². The third-order valence-electron chi connectivity index (χ3n) is 5.33. The molecule has 0 saturated heterocycles. The average Bonchev–Trinajstić information content (AvgIpc) is 3.01. The number of aliphatic hydroxyl groups is 1. The van der Waals surface area contributed by atoms with Gasteiger partial charge in [0, 0.05) is 0 Å². The zero-order chi connectivity index (χ0) is 15.6. The predicted octanol–water partition coefficient (Wildman–Crippen LogP) is 3.06. The third kappa shape index (κ3) is 2.89. The van der Waals surface area contributed by atoms with Gasteiger partial charge < -0.3 is 10.4 Å². The summed E-state index contributed by atoms with van der Waals surface area (Å²) >= 11 is 0. The lowest BCUT2D eigenvalue weighted by atomic mass is 9.77. The molecule has 0 aromatic heterocycles. The molecule has 4 heteroatoms. The highest BCUT2D eigenvalue weighted by atomic mass is 19.1. The van der Waals surface area contributed by atoms with Crippen molar-refractivity contribution in [2.75, 3.05) is 0 Å². The minimum absolute atomic E-state index is 0.00237. The van der Waals surface area contributed by atoms with E-state index in [4.69, 9.17) is 0 Å². The average molecular weight is 305 g/mol. The Morgan fingerprint density at radius 1 is 1.09 bits per heavy atom. The summed E-state index contributed by atoms with van der Waals surface area (Å²) in [7, 11) is 0. The molecule has 1 aromatic rings. The number of amides is 1. The lowest BCUT2D eigenvalue weighted by Gasteiger charge is -2.34. The molecule has 1 aromatic carbocycles. The molecule has 2 N–H and O–H groups in total. The summed E-state index contributed by atoms with van der Waals surface area (Å²) in [5.74, 6) is -0.275. The van der Waals surface area contributed by atoms with E-state index in [1.165, 1.54) is 12.1 Å². The zero-order valence-corrected chi connectivity index (χ0v) is 12.9. The van der Waals surface area contributed by atoms with Gasteiger partial charge in [-0.15, -0.1) is 0 Å². The normalized spacial score (nSPS) is 27.5. The highest BCUT2D eigenvalue weighted by molar-refractivity contribution is 5.88. The number of carbonyl (C=O) groups is 1. The maximum atomic E-state index is 13.2. The number of hydrogen-bond donors (Lipinski definition) is 2. The Morgan fingerprint density at radius 3 is 2.36 bits per heavy atom. The summed E-state index contributed by atoms with van der Waals surface area (Å²) in [6.45, 7) is 0. The Morgan fingerprint density at radius 2 is 1.73 bits per heavy atom. The van der Waals surface area contributed by atoms with Crippen LogP contribution in [0.5, 0.6) is 0 Å². The summed E-state index contributed by atoms with van der Waals surface area (Å²) in [5, 5.41) is 13.2. The van der Waals surface area contributed by atoms with Crippen LogP contribution in [0.25, 0.3) is 0 Å². The number of hydrogen-bond acceptors (Lipinski definition) is 2. The Kier molecular flexibility index (Phi) is 4.48. The van der Waals surface area contributed by atoms with Gasteiger partial charge in [-0.1, -0.05) is 37.8 Å². The van der Waals surface area contributed by atoms with E-state index in [2.05, 4.69) is 5.32 Å². The minimum atomic E-state index is -0.551.